The van der Waals surface area contributed by atoms with E-state index in [0.717, 1.165) is 11.1 Å². The summed E-state index contributed by atoms with van der Waals surface area (Å²) in [6.45, 7) is 0. The molecule has 0 radical (unpaired) electrons. The number of hydrogen-bond donors (Lipinski definition) is 3. The van der Waals surface area contributed by atoms with Crippen LogP contribution < -0.4 is 5.73 Å². The number of rotatable bonds is 3. The van der Waals surface area contributed by atoms with E-state index >= 15 is 0 Å². The van der Waals surface area contributed by atoms with Gasteiger partial charge >= 0.3 is 18.3 Å². The molecule has 0 aliphatic heterocycles. The van der Waals surface area contributed by atoms with Crippen LogP contribution in [0.5, 0.6) is 0 Å². The second-order valence-corrected chi connectivity index (χ2v) is 8.39. The Balaban J connectivity index is 0.000000448. The lowest BCUT2D eigenvalue weighted by atomic mass is 9.85. The molecule has 1 aliphatic rings. The van der Waals surface area contributed by atoms with Crippen LogP contribution in [0.15, 0.2) is 57.6 Å². The van der Waals surface area contributed by atoms with Crippen LogP contribution in [0.4, 0.5) is 26.3 Å². The topological polar surface area (TPSA) is 148 Å². The lowest BCUT2D eigenvalue weighted by Gasteiger charge is -2.27. The highest BCUT2D eigenvalue weighted by Gasteiger charge is 2.43. The van der Waals surface area contributed by atoms with Crippen LogP contribution in [0.3, 0.4) is 0 Å². The number of fused-ring (bicyclic) bond motifs is 1. The molecule has 5 rings (SSSR count). The standard InChI is InChI=1S/C22H17F3N4O3.C2HF3O2/c23-22(24,25)16-17(11-4-2-1-3-5-11)28-31-19(16)21-27-20(29-32-21)13-6-8-14-12(10-13)7-9-15(26)18(14)30;3-2(4,5)1(6)7/h1-6,8,10,15,18,30H,7,9,26H2;(H,6,7). The van der Waals surface area contributed by atoms with Crippen LogP contribution in [0.25, 0.3) is 34.3 Å². The number of aliphatic carboxylic acids is 1. The first kappa shape index (κ1) is 27.8. The molecule has 2 atom stereocenters. The van der Waals surface area contributed by atoms with Gasteiger partial charge in [0.1, 0.15) is 11.3 Å². The molecule has 0 bridgehead atoms. The molecule has 0 saturated heterocycles. The summed E-state index contributed by atoms with van der Waals surface area (Å²) in [7, 11) is 0. The van der Waals surface area contributed by atoms with Crippen molar-refractivity contribution in [2.24, 2.45) is 5.73 Å². The summed E-state index contributed by atoms with van der Waals surface area (Å²) in [5.41, 5.74) is 6.86. The normalized spacial score (nSPS) is 17.2. The summed E-state index contributed by atoms with van der Waals surface area (Å²) in [5.74, 6) is -3.73. The van der Waals surface area contributed by atoms with Crippen molar-refractivity contribution in [2.75, 3.05) is 0 Å². The van der Waals surface area contributed by atoms with Gasteiger partial charge in [-0.1, -0.05) is 52.8 Å². The molecule has 2 unspecified atom stereocenters. The average molecular weight is 556 g/mol. The maximum Gasteiger partial charge on any atom is 0.490 e. The number of aromatic nitrogens is 3. The van der Waals surface area contributed by atoms with Gasteiger partial charge in [-0.3, -0.25) is 0 Å². The Bertz CT molecular complexity index is 1470. The Hall–Kier alpha value is -4.24. The fraction of sp³-hybridized carbons (Fsp3) is 0.250. The van der Waals surface area contributed by atoms with Gasteiger partial charge in [0.25, 0.3) is 5.89 Å². The summed E-state index contributed by atoms with van der Waals surface area (Å²) >= 11 is 0. The van der Waals surface area contributed by atoms with Crippen LogP contribution in [0.1, 0.15) is 29.2 Å². The zero-order valence-electron chi connectivity index (χ0n) is 19.5. The molecule has 4 aromatic rings. The van der Waals surface area contributed by atoms with Crippen LogP contribution >= 0.6 is 0 Å². The fourth-order valence-electron chi connectivity index (χ4n) is 3.89. The van der Waals surface area contributed by atoms with Crippen LogP contribution in [-0.2, 0) is 17.4 Å². The molecule has 0 spiro atoms. The van der Waals surface area contributed by atoms with E-state index in [-0.39, 0.29) is 23.1 Å². The molecular formula is C24H18F6N4O5. The van der Waals surface area contributed by atoms with E-state index in [1.54, 1.807) is 36.4 Å². The molecule has 39 heavy (non-hydrogen) atoms. The zero-order valence-corrected chi connectivity index (χ0v) is 19.5. The molecule has 0 fully saturated rings. The quantitative estimate of drug-likeness (QED) is 0.296. The molecule has 1 aliphatic carbocycles. The van der Waals surface area contributed by atoms with Crippen LogP contribution in [0.2, 0.25) is 0 Å². The zero-order chi connectivity index (χ0) is 28.5. The number of carboxylic acids is 1. The summed E-state index contributed by atoms with van der Waals surface area (Å²) < 4.78 is 83.5. The molecule has 206 valence electrons. The van der Waals surface area contributed by atoms with Gasteiger partial charge in [-0.2, -0.15) is 31.3 Å². The van der Waals surface area contributed by atoms with E-state index in [2.05, 4.69) is 15.3 Å². The summed E-state index contributed by atoms with van der Waals surface area (Å²) in [6, 6.07) is 12.7. The van der Waals surface area contributed by atoms with Crippen molar-refractivity contribution in [3.05, 3.63) is 65.2 Å². The molecule has 2 aromatic carbocycles. The molecule has 2 aromatic heterocycles. The van der Waals surface area contributed by atoms with Gasteiger partial charge in [-0.15, -0.1) is 0 Å². The molecule has 0 saturated carbocycles. The third kappa shape index (κ3) is 5.93. The minimum Gasteiger partial charge on any atom is -0.475 e. The first-order chi connectivity index (χ1) is 18.3. The second-order valence-electron chi connectivity index (χ2n) is 8.39. The summed E-state index contributed by atoms with van der Waals surface area (Å²) in [6.07, 6.45) is -9.33. The van der Waals surface area contributed by atoms with Crippen molar-refractivity contribution in [1.82, 2.24) is 15.3 Å². The van der Waals surface area contributed by atoms with E-state index in [9.17, 15) is 31.4 Å². The average Bonchev–Trinajstić information content (AvgIpc) is 3.54. The highest BCUT2D eigenvalue weighted by atomic mass is 19.4. The number of nitrogens with zero attached hydrogens (tertiary/aromatic N) is 3. The van der Waals surface area contributed by atoms with Gasteiger partial charge in [0.05, 0.1) is 6.10 Å². The highest BCUT2D eigenvalue weighted by molar-refractivity contribution is 5.73. The van der Waals surface area contributed by atoms with E-state index in [1.807, 2.05) is 0 Å². The lowest BCUT2D eigenvalue weighted by molar-refractivity contribution is -0.192. The third-order valence-electron chi connectivity index (χ3n) is 5.76. The van der Waals surface area contributed by atoms with Crippen molar-refractivity contribution in [3.8, 4) is 34.3 Å². The summed E-state index contributed by atoms with van der Waals surface area (Å²) in [4.78, 5) is 13.0. The van der Waals surface area contributed by atoms with Crippen LogP contribution in [0, 0.1) is 0 Å². The first-order valence-electron chi connectivity index (χ1n) is 11.1. The molecule has 15 heteroatoms. The third-order valence-corrected chi connectivity index (χ3v) is 5.76. The van der Waals surface area contributed by atoms with Crippen molar-refractivity contribution < 1.29 is 50.4 Å². The molecule has 0 amide bonds. The van der Waals surface area contributed by atoms with Gasteiger partial charge < -0.3 is 25.0 Å². The Morgan fingerprint density at radius 2 is 1.64 bits per heavy atom. The number of hydrogen-bond acceptors (Lipinski definition) is 8. The minimum absolute atomic E-state index is 0.0953. The largest absolute Gasteiger partial charge is 0.490 e. The predicted molar refractivity (Wildman–Crippen MR) is 121 cm³/mol. The fourth-order valence-corrected chi connectivity index (χ4v) is 3.89. The van der Waals surface area contributed by atoms with Gasteiger partial charge in [-0.05, 0) is 30.0 Å². The van der Waals surface area contributed by atoms with Crippen molar-refractivity contribution in [2.45, 2.75) is 37.3 Å². The smallest absolute Gasteiger partial charge is 0.475 e. The van der Waals surface area contributed by atoms with Gasteiger partial charge in [0.15, 0.2) is 0 Å². The van der Waals surface area contributed by atoms with Gasteiger partial charge in [-0.25, -0.2) is 4.79 Å². The number of nitrogens with two attached hydrogens (primary N) is 1. The number of carbonyl (C=O) groups is 1. The number of aliphatic hydroxyl groups excluding tert-OH is 1. The molecular weight excluding hydrogens is 538 g/mol. The van der Waals surface area contributed by atoms with E-state index in [4.69, 9.17) is 24.7 Å². The molecule has 2 heterocycles. The van der Waals surface area contributed by atoms with Crippen molar-refractivity contribution in [3.63, 3.8) is 0 Å². The Kier molecular flexibility index (Phi) is 7.48. The number of carboxylic acid groups (broad SMARTS) is 1. The Morgan fingerprint density at radius 1 is 0.974 bits per heavy atom. The van der Waals surface area contributed by atoms with E-state index in [1.165, 1.54) is 12.1 Å². The lowest BCUT2D eigenvalue weighted by Crippen LogP contribution is -2.32. The maximum atomic E-state index is 13.9. The number of aliphatic hydroxyl groups is 1. The molecule has 4 N–H and O–H groups in total. The number of halogens is 6. The maximum absolute atomic E-state index is 13.9. The van der Waals surface area contributed by atoms with Crippen molar-refractivity contribution >= 4 is 5.97 Å². The number of alkyl halides is 6. The Labute approximate surface area is 214 Å². The van der Waals surface area contributed by atoms with Crippen LogP contribution in [-0.4, -0.2) is 43.7 Å². The number of benzene rings is 2. The summed E-state index contributed by atoms with van der Waals surface area (Å²) in [5, 5.41) is 24.8. The Morgan fingerprint density at radius 3 is 2.26 bits per heavy atom. The predicted octanol–water partition coefficient (Wildman–Crippen LogP) is 5.02. The second kappa shape index (κ2) is 10.5. The van der Waals surface area contributed by atoms with Gasteiger partial charge in [0.2, 0.25) is 11.6 Å². The highest BCUT2D eigenvalue weighted by Crippen LogP contribution is 2.43. The SMILES string of the molecule is NC1CCc2cc(-c3noc(-c4onc(-c5ccccc5)c4C(F)(F)F)n3)ccc2C1O.O=C(O)C(F)(F)F. The molecule has 9 nitrogen and oxygen atoms in total. The van der Waals surface area contributed by atoms with E-state index < -0.39 is 41.6 Å². The van der Waals surface area contributed by atoms with Crippen molar-refractivity contribution in [1.29, 1.82) is 0 Å². The van der Waals surface area contributed by atoms with Gasteiger partial charge in [0, 0.05) is 17.2 Å². The van der Waals surface area contributed by atoms with E-state index in [0.29, 0.717) is 18.4 Å². The first-order valence-corrected chi connectivity index (χ1v) is 11.1. The number of aryl methyl sites for hydroxylation is 1. The monoisotopic (exact) mass is 556 g/mol. The minimum atomic E-state index is -5.08.